The number of hydrogen-bond acceptors (Lipinski definition) is 3. The summed E-state index contributed by atoms with van der Waals surface area (Å²) in [6.45, 7) is 1.93. The molecule has 3 atom stereocenters. The van der Waals surface area contributed by atoms with Crippen LogP contribution < -0.4 is 4.74 Å². The SMILES string of the molecule is CCC1CC(O)CC(Oc2c(F)cc(F)cc2/C=C/c2ccc(F)cc2)O1. The summed E-state index contributed by atoms with van der Waals surface area (Å²) in [5.41, 5.74) is 0.857. The lowest BCUT2D eigenvalue weighted by atomic mass is 10.0. The summed E-state index contributed by atoms with van der Waals surface area (Å²) >= 11 is 0. The Hall–Kier alpha value is -2.31. The number of benzene rings is 2. The van der Waals surface area contributed by atoms with E-state index in [4.69, 9.17) is 9.47 Å². The molecule has 1 aliphatic rings. The minimum Gasteiger partial charge on any atom is -0.461 e. The molecular formula is C21H21F3O3. The van der Waals surface area contributed by atoms with Gasteiger partial charge in [-0.25, -0.2) is 13.2 Å². The van der Waals surface area contributed by atoms with E-state index < -0.39 is 24.0 Å². The van der Waals surface area contributed by atoms with Crippen LogP contribution in [0.3, 0.4) is 0 Å². The Morgan fingerprint density at radius 3 is 2.52 bits per heavy atom. The van der Waals surface area contributed by atoms with Crippen LogP contribution in [-0.4, -0.2) is 23.6 Å². The molecule has 2 aromatic rings. The highest BCUT2D eigenvalue weighted by Gasteiger charge is 2.29. The van der Waals surface area contributed by atoms with Crippen molar-refractivity contribution >= 4 is 12.2 Å². The fourth-order valence-corrected chi connectivity index (χ4v) is 3.01. The third-order valence-corrected chi connectivity index (χ3v) is 4.41. The molecule has 1 fully saturated rings. The summed E-state index contributed by atoms with van der Waals surface area (Å²) in [7, 11) is 0. The van der Waals surface area contributed by atoms with Gasteiger partial charge in [0.1, 0.15) is 11.6 Å². The second-order valence-electron chi connectivity index (χ2n) is 6.53. The summed E-state index contributed by atoms with van der Waals surface area (Å²) in [4.78, 5) is 0. The molecule has 2 aromatic carbocycles. The van der Waals surface area contributed by atoms with Crippen molar-refractivity contribution in [1.29, 1.82) is 0 Å². The summed E-state index contributed by atoms with van der Waals surface area (Å²) in [5.74, 6) is -2.12. The van der Waals surface area contributed by atoms with Crippen LogP contribution in [0.15, 0.2) is 36.4 Å². The lowest BCUT2D eigenvalue weighted by molar-refractivity contribution is -0.176. The van der Waals surface area contributed by atoms with Crippen molar-refractivity contribution in [1.82, 2.24) is 0 Å². The van der Waals surface area contributed by atoms with Crippen LogP contribution in [0, 0.1) is 17.5 Å². The minimum atomic E-state index is -0.856. The standard InChI is InChI=1S/C21H21F3O3/c1-2-18-11-17(25)12-20(26-18)27-21-14(9-16(23)10-19(21)24)6-3-13-4-7-15(22)8-5-13/h3-10,17-18,20,25H,2,11-12H2,1H3/b6-3+. The molecule has 0 aliphatic carbocycles. The zero-order valence-electron chi connectivity index (χ0n) is 14.9. The second-order valence-corrected chi connectivity index (χ2v) is 6.53. The highest BCUT2D eigenvalue weighted by Crippen LogP contribution is 2.31. The molecule has 27 heavy (non-hydrogen) atoms. The van der Waals surface area contributed by atoms with Crippen molar-refractivity contribution in [3.8, 4) is 5.75 Å². The predicted molar refractivity (Wildman–Crippen MR) is 96.5 cm³/mol. The van der Waals surface area contributed by atoms with Gasteiger partial charge in [-0.1, -0.05) is 31.2 Å². The van der Waals surface area contributed by atoms with Crippen LogP contribution in [0.5, 0.6) is 5.75 Å². The summed E-state index contributed by atoms with van der Waals surface area (Å²) in [6, 6.07) is 7.58. The Kier molecular flexibility index (Phi) is 6.19. The first-order valence-corrected chi connectivity index (χ1v) is 8.87. The average Bonchev–Trinajstić information content (AvgIpc) is 2.63. The van der Waals surface area contributed by atoms with Gasteiger partial charge in [0.05, 0.1) is 12.2 Å². The highest BCUT2D eigenvalue weighted by molar-refractivity contribution is 5.72. The van der Waals surface area contributed by atoms with E-state index in [1.54, 1.807) is 18.2 Å². The van der Waals surface area contributed by atoms with Crippen LogP contribution >= 0.6 is 0 Å². The normalized spacial score (nSPS) is 22.9. The molecule has 1 saturated heterocycles. The van der Waals surface area contributed by atoms with E-state index in [1.165, 1.54) is 18.2 Å². The maximum absolute atomic E-state index is 14.4. The molecule has 0 saturated carbocycles. The first-order valence-electron chi connectivity index (χ1n) is 8.87. The maximum Gasteiger partial charge on any atom is 0.202 e. The monoisotopic (exact) mass is 378 g/mol. The van der Waals surface area contributed by atoms with Crippen molar-refractivity contribution in [3.05, 3.63) is 65.0 Å². The van der Waals surface area contributed by atoms with Gasteiger partial charge in [-0.3, -0.25) is 0 Å². The predicted octanol–water partition coefficient (Wildman–Crippen LogP) is 4.93. The first kappa shape index (κ1) is 19.5. The van der Waals surface area contributed by atoms with Crippen molar-refractivity contribution in [3.63, 3.8) is 0 Å². The molecule has 0 aromatic heterocycles. The molecule has 1 N–H and O–H groups in total. The average molecular weight is 378 g/mol. The Bertz CT molecular complexity index is 805. The van der Waals surface area contributed by atoms with Gasteiger partial charge in [-0.05, 0) is 36.6 Å². The number of aliphatic hydroxyl groups excluding tert-OH is 1. The summed E-state index contributed by atoms with van der Waals surface area (Å²) in [5, 5.41) is 9.96. The minimum absolute atomic E-state index is 0.149. The zero-order chi connectivity index (χ0) is 19.4. The molecule has 3 unspecified atom stereocenters. The van der Waals surface area contributed by atoms with Gasteiger partial charge in [0.15, 0.2) is 11.6 Å². The van der Waals surface area contributed by atoms with E-state index in [9.17, 15) is 18.3 Å². The Labute approximate surface area is 156 Å². The second kappa shape index (κ2) is 8.59. The van der Waals surface area contributed by atoms with Gasteiger partial charge in [0.2, 0.25) is 6.29 Å². The number of ether oxygens (including phenoxy) is 2. The van der Waals surface area contributed by atoms with Crippen LogP contribution in [-0.2, 0) is 4.74 Å². The molecule has 0 spiro atoms. The van der Waals surface area contributed by atoms with Crippen LogP contribution in [0.4, 0.5) is 13.2 Å². The quantitative estimate of drug-likeness (QED) is 0.750. The van der Waals surface area contributed by atoms with E-state index in [0.717, 1.165) is 12.1 Å². The molecule has 0 bridgehead atoms. The summed E-state index contributed by atoms with van der Waals surface area (Å²) < 4.78 is 52.4. The Morgan fingerprint density at radius 1 is 1.07 bits per heavy atom. The van der Waals surface area contributed by atoms with Gasteiger partial charge in [-0.15, -0.1) is 0 Å². The zero-order valence-corrected chi connectivity index (χ0v) is 14.9. The molecule has 0 amide bonds. The van der Waals surface area contributed by atoms with Crippen LogP contribution in [0.25, 0.3) is 12.2 Å². The number of halogens is 3. The third kappa shape index (κ3) is 5.11. The molecular weight excluding hydrogens is 357 g/mol. The van der Waals surface area contributed by atoms with Gasteiger partial charge in [0, 0.05) is 18.1 Å². The van der Waals surface area contributed by atoms with Crippen molar-refractivity contribution in [2.75, 3.05) is 0 Å². The lowest BCUT2D eigenvalue weighted by Gasteiger charge is -2.33. The molecule has 144 valence electrons. The highest BCUT2D eigenvalue weighted by atomic mass is 19.1. The van der Waals surface area contributed by atoms with E-state index in [2.05, 4.69) is 0 Å². The number of hydrogen-bond donors (Lipinski definition) is 1. The van der Waals surface area contributed by atoms with E-state index >= 15 is 0 Å². The topological polar surface area (TPSA) is 38.7 Å². The largest absolute Gasteiger partial charge is 0.461 e. The van der Waals surface area contributed by atoms with Crippen molar-refractivity contribution in [2.45, 2.75) is 44.7 Å². The first-order chi connectivity index (χ1) is 12.9. The maximum atomic E-state index is 14.4. The lowest BCUT2D eigenvalue weighted by Crippen LogP contribution is -2.38. The van der Waals surface area contributed by atoms with Crippen LogP contribution in [0.1, 0.15) is 37.3 Å². The molecule has 1 aliphatic heterocycles. The third-order valence-electron chi connectivity index (χ3n) is 4.41. The van der Waals surface area contributed by atoms with Gasteiger partial charge in [0.25, 0.3) is 0 Å². The van der Waals surface area contributed by atoms with E-state index in [1.807, 2.05) is 6.92 Å². The number of aliphatic hydroxyl groups is 1. The molecule has 0 radical (unpaired) electrons. The Balaban J connectivity index is 1.85. The Morgan fingerprint density at radius 2 is 1.81 bits per heavy atom. The van der Waals surface area contributed by atoms with Gasteiger partial charge >= 0.3 is 0 Å². The molecule has 1 heterocycles. The molecule has 3 rings (SSSR count). The number of rotatable bonds is 5. The van der Waals surface area contributed by atoms with E-state index in [0.29, 0.717) is 18.4 Å². The molecule has 3 nitrogen and oxygen atoms in total. The van der Waals surface area contributed by atoms with Gasteiger partial charge < -0.3 is 14.6 Å². The van der Waals surface area contributed by atoms with Crippen molar-refractivity contribution in [2.24, 2.45) is 0 Å². The van der Waals surface area contributed by atoms with Gasteiger partial charge in [-0.2, -0.15) is 0 Å². The fraction of sp³-hybridized carbons (Fsp3) is 0.333. The van der Waals surface area contributed by atoms with Crippen LogP contribution in [0.2, 0.25) is 0 Å². The smallest absolute Gasteiger partial charge is 0.202 e. The van der Waals surface area contributed by atoms with Crippen molar-refractivity contribution < 1.29 is 27.8 Å². The fourth-order valence-electron chi connectivity index (χ4n) is 3.01. The molecule has 6 heteroatoms. The summed E-state index contributed by atoms with van der Waals surface area (Å²) in [6.07, 6.45) is 2.89. The van der Waals surface area contributed by atoms with E-state index in [-0.39, 0.29) is 29.7 Å².